The number of benzene rings is 1. The summed E-state index contributed by atoms with van der Waals surface area (Å²) in [6, 6.07) is 8.92. The average Bonchev–Trinajstić information content (AvgIpc) is 2.90. The third-order valence-corrected chi connectivity index (χ3v) is 5.01. The van der Waals surface area contributed by atoms with Gasteiger partial charge in [0.1, 0.15) is 18.5 Å². The largest absolute Gasteiger partial charge is 0.491 e. The first-order valence-corrected chi connectivity index (χ1v) is 8.99. The number of hydrogen-bond acceptors (Lipinski definition) is 4. The van der Waals surface area contributed by atoms with Crippen LogP contribution in [0.25, 0.3) is 0 Å². The van der Waals surface area contributed by atoms with Crippen LogP contribution >= 0.6 is 0 Å². The smallest absolute Gasteiger partial charge is 0.220 e. The molecule has 3 unspecified atom stereocenters. The van der Waals surface area contributed by atoms with E-state index in [0.29, 0.717) is 24.4 Å². The molecule has 2 heterocycles. The number of nitrogens with one attached hydrogen (secondary N) is 2. The van der Waals surface area contributed by atoms with Gasteiger partial charge in [-0.3, -0.25) is 4.79 Å². The van der Waals surface area contributed by atoms with Gasteiger partial charge in [-0.05, 0) is 56.2 Å². The van der Waals surface area contributed by atoms with E-state index in [-0.39, 0.29) is 19.1 Å². The lowest BCUT2D eigenvalue weighted by molar-refractivity contribution is -0.122. The van der Waals surface area contributed by atoms with Crippen LogP contribution in [0.4, 0.5) is 0 Å². The SMILES string of the molecule is Cc1cccc(OCC(O)CNC(=O)CC2CC3CCC(C2)N3)c1. The molecule has 5 heteroatoms. The van der Waals surface area contributed by atoms with Gasteiger partial charge >= 0.3 is 0 Å². The Morgan fingerprint density at radius 1 is 1.38 bits per heavy atom. The second-order valence-corrected chi connectivity index (χ2v) is 7.26. The summed E-state index contributed by atoms with van der Waals surface area (Å²) < 4.78 is 5.56. The Labute approximate surface area is 143 Å². The van der Waals surface area contributed by atoms with Crippen molar-refractivity contribution >= 4 is 5.91 Å². The predicted octanol–water partition coefficient (Wildman–Crippen LogP) is 1.77. The highest BCUT2D eigenvalue weighted by Crippen LogP contribution is 2.32. The molecule has 2 bridgehead atoms. The third-order valence-electron chi connectivity index (χ3n) is 5.01. The predicted molar refractivity (Wildman–Crippen MR) is 93.0 cm³/mol. The molecule has 3 N–H and O–H groups in total. The number of aliphatic hydroxyl groups excluding tert-OH is 1. The molecule has 5 nitrogen and oxygen atoms in total. The Hall–Kier alpha value is -1.59. The fourth-order valence-corrected chi connectivity index (χ4v) is 3.86. The topological polar surface area (TPSA) is 70.6 Å². The van der Waals surface area contributed by atoms with Crippen LogP contribution in [0.3, 0.4) is 0 Å². The molecule has 132 valence electrons. The minimum absolute atomic E-state index is 0.0379. The molecule has 0 spiro atoms. The first-order chi connectivity index (χ1) is 11.6. The first-order valence-electron chi connectivity index (χ1n) is 8.99. The van der Waals surface area contributed by atoms with Gasteiger partial charge in [0.25, 0.3) is 0 Å². The Morgan fingerprint density at radius 2 is 2.12 bits per heavy atom. The van der Waals surface area contributed by atoms with E-state index in [1.54, 1.807) is 0 Å². The molecule has 1 aromatic carbocycles. The fraction of sp³-hybridized carbons (Fsp3) is 0.632. The number of fused-ring (bicyclic) bond motifs is 2. The molecule has 2 saturated heterocycles. The fourth-order valence-electron chi connectivity index (χ4n) is 3.86. The zero-order chi connectivity index (χ0) is 16.9. The summed E-state index contributed by atoms with van der Waals surface area (Å²) in [5.41, 5.74) is 1.12. The van der Waals surface area contributed by atoms with Crippen LogP contribution in [0, 0.1) is 12.8 Å². The summed E-state index contributed by atoms with van der Waals surface area (Å²) in [7, 11) is 0. The maximum Gasteiger partial charge on any atom is 0.220 e. The molecule has 0 aromatic heterocycles. The second kappa shape index (κ2) is 7.99. The number of carbonyl (C=O) groups is 1. The van der Waals surface area contributed by atoms with Crippen molar-refractivity contribution in [1.82, 2.24) is 10.6 Å². The second-order valence-electron chi connectivity index (χ2n) is 7.26. The van der Waals surface area contributed by atoms with Gasteiger partial charge in [-0.1, -0.05) is 12.1 Å². The average molecular weight is 332 g/mol. The summed E-state index contributed by atoms with van der Waals surface area (Å²) in [4.78, 5) is 12.1. The van der Waals surface area contributed by atoms with Crippen LogP contribution in [0.1, 0.15) is 37.7 Å². The van der Waals surface area contributed by atoms with E-state index in [1.807, 2.05) is 31.2 Å². The molecule has 0 radical (unpaired) electrons. The van der Waals surface area contributed by atoms with Crippen molar-refractivity contribution in [2.24, 2.45) is 5.92 Å². The van der Waals surface area contributed by atoms with Crippen LogP contribution < -0.4 is 15.4 Å². The van der Waals surface area contributed by atoms with Gasteiger partial charge in [0.2, 0.25) is 5.91 Å². The van der Waals surface area contributed by atoms with Gasteiger partial charge in [-0.2, -0.15) is 0 Å². The quantitative estimate of drug-likeness (QED) is 0.712. The van der Waals surface area contributed by atoms with E-state index >= 15 is 0 Å². The molecule has 24 heavy (non-hydrogen) atoms. The summed E-state index contributed by atoms with van der Waals surface area (Å²) in [5, 5.41) is 16.4. The van der Waals surface area contributed by atoms with Crippen molar-refractivity contribution in [3.8, 4) is 5.75 Å². The van der Waals surface area contributed by atoms with Crippen molar-refractivity contribution in [2.75, 3.05) is 13.2 Å². The number of rotatable bonds is 7. The molecule has 0 saturated carbocycles. The lowest BCUT2D eigenvalue weighted by atomic mass is 9.89. The van der Waals surface area contributed by atoms with Gasteiger partial charge in [-0.25, -0.2) is 0 Å². The van der Waals surface area contributed by atoms with Crippen molar-refractivity contribution in [1.29, 1.82) is 0 Å². The third kappa shape index (κ3) is 4.95. The minimum Gasteiger partial charge on any atom is -0.491 e. The summed E-state index contributed by atoms with van der Waals surface area (Å²) in [5.74, 6) is 1.26. The molecule has 3 rings (SSSR count). The molecule has 2 aliphatic heterocycles. The number of aliphatic hydroxyl groups is 1. The number of ether oxygens (including phenoxy) is 1. The zero-order valence-corrected chi connectivity index (χ0v) is 14.3. The number of amides is 1. The van der Waals surface area contributed by atoms with Crippen molar-refractivity contribution < 1.29 is 14.6 Å². The lowest BCUT2D eigenvalue weighted by Gasteiger charge is -2.28. The highest BCUT2D eigenvalue weighted by Gasteiger charge is 2.34. The normalized spacial score (nSPS) is 26.8. The van der Waals surface area contributed by atoms with E-state index < -0.39 is 6.10 Å². The van der Waals surface area contributed by atoms with Gasteiger partial charge in [-0.15, -0.1) is 0 Å². The number of carbonyl (C=O) groups excluding carboxylic acids is 1. The first kappa shape index (κ1) is 17.2. The molecular formula is C19H28N2O3. The van der Waals surface area contributed by atoms with Gasteiger partial charge in [0.05, 0.1) is 0 Å². The Balaban J connectivity index is 1.33. The maximum absolute atomic E-state index is 12.1. The zero-order valence-electron chi connectivity index (χ0n) is 14.3. The van der Waals surface area contributed by atoms with E-state index in [4.69, 9.17) is 4.74 Å². The van der Waals surface area contributed by atoms with E-state index in [1.165, 1.54) is 12.8 Å². The number of aryl methyl sites for hydroxylation is 1. The van der Waals surface area contributed by atoms with Crippen LogP contribution in [-0.4, -0.2) is 42.4 Å². The molecule has 3 atom stereocenters. The summed E-state index contributed by atoms with van der Waals surface area (Å²) in [6.07, 6.45) is 4.57. The Morgan fingerprint density at radius 3 is 2.83 bits per heavy atom. The highest BCUT2D eigenvalue weighted by molar-refractivity contribution is 5.76. The van der Waals surface area contributed by atoms with Gasteiger partial charge in [0, 0.05) is 25.0 Å². The monoisotopic (exact) mass is 332 g/mol. The summed E-state index contributed by atoms with van der Waals surface area (Å²) >= 11 is 0. The van der Waals surface area contributed by atoms with Crippen molar-refractivity contribution in [3.05, 3.63) is 29.8 Å². The Kier molecular flexibility index (Phi) is 5.74. The molecule has 2 fully saturated rings. The molecular weight excluding hydrogens is 304 g/mol. The minimum atomic E-state index is -0.696. The van der Waals surface area contributed by atoms with Crippen molar-refractivity contribution in [3.63, 3.8) is 0 Å². The van der Waals surface area contributed by atoms with Crippen molar-refractivity contribution in [2.45, 2.75) is 57.2 Å². The molecule has 1 amide bonds. The van der Waals surface area contributed by atoms with Gasteiger partial charge < -0.3 is 20.5 Å². The standard InChI is InChI=1S/C19H28N2O3/c1-13-3-2-4-18(7-13)24-12-17(22)11-20-19(23)10-14-8-15-5-6-16(9-14)21-15/h2-4,7,14-17,21-22H,5-6,8-12H2,1H3,(H,20,23). The lowest BCUT2D eigenvalue weighted by Crippen LogP contribution is -2.41. The number of piperidine rings is 1. The van der Waals surface area contributed by atoms with E-state index in [2.05, 4.69) is 10.6 Å². The van der Waals surface area contributed by atoms with E-state index in [0.717, 1.165) is 24.2 Å². The van der Waals surface area contributed by atoms with Crippen LogP contribution in [0.5, 0.6) is 5.75 Å². The van der Waals surface area contributed by atoms with Crippen LogP contribution in [0.2, 0.25) is 0 Å². The maximum atomic E-state index is 12.1. The molecule has 1 aromatic rings. The summed E-state index contributed by atoms with van der Waals surface area (Å²) in [6.45, 7) is 2.42. The highest BCUT2D eigenvalue weighted by atomic mass is 16.5. The van der Waals surface area contributed by atoms with Crippen LogP contribution in [-0.2, 0) is 4.79 Å². The molecule has 0 aliphatic carbocycles. The van der Waals surface area contributed by atoms with Crippen LogP contribution in [0.15, 0.2) is 24.3 Å². The Bertz CT molecular complexity index is 551. The van der Waals surface area contributed by atoms with E-state index in [9.17, 15) is 9.90 Å². The van der Waals surface area contributed by atoms with Gasteiger partial charge in [0.15, 0.2) is 0 Å². The number of hydrogen-bond donors (Lipinski definition) is 3. The molecule has 2 aliphatic rings.